The number of carboxylic acid groups (broad SMARTS) is 4. The van der Waals surface area contributed by atoms with E-state index in [4.69, 9.17) is 93.9 Å². The first-order valence-electron chi connectivity index (χ1n) is 11.8. The average molecular weight is 1000 g/mol. The summed E-state index contributed by atoms with van der Waals surface area (Å²) in [6.45, 7) is 0. The number of para-hydroxylation sites is 4. The van der Waals surface area contributed by atoms with Gasteiger partial charge in [0, 0.05) is 22.3 Å². The zero-order chi connectivity index (χ0) is 36.6. The van der Waals surface area contributed by atoms with E-state index in [0.717, 1.165) is 0 Å². The van der Waals surface area contributed by atoms with E-state index in [1.54, 1.807) is 0 Å². The summed E-state index contributed by atoms with van der Waals surface area (Å²) in [6, 6.07) is 16.9. The third kappa shape index (κ3) is 14.1. The Kier molecular flexibility index (Phi) is 22.2. The molecule has 0 saturated carbocycles. The van der Waals surface area contributed by atoms with Crippen molar-refractivity contribution in [1.29, 1.82) is 0 Å². The van der Waals surface area contributed by atoms with Crippen LogP contribution in [0.15, 0.2) is 72.8 Å². The first-order chi connectivity index (χ1) is 22.7. The van der Waals surface area contributed by atoms with Gasteiger partial charge in [0.1, 0.15) is 47.5 Å². The number of rotatable bonds is 8. The van der Waals surface area contributed by atoms with Crippen molar-refractivity contribution in [1.82, 2.24) is 0 Å². The number of hydrogen-bond donors (Lipinski definition) is 0. The number of carbonyl (C=O) groups is 4. The third-order valence-corrected chi connectivity index (χ3v) is 6.86. The summed E-state index contributed by atoms with van der Waals surface area (Å²) < 4.78 is 17.0. The summed E-state index contributed by atoms with van der Waals surface area (Å²) in [5.41, 5.74) is -0.676. The van der Waals surface area contributed by atoms with Gasteiger partial charge in [-0.3, -0.25) is 0 Å². The van der Waals surface area contributed by atoms with E-state index >= 15 is 0 Å². The fraction of sp³-hybridized carbons (Fsp3) is 0. The summed E-state index contributed by atoms with van der Waals surface area (Å²) in [5.74, 6) is -5.91. The molecule has 0 fully saturated rings. The van der Waals surface area contributed by atoms with Crippen LogP contribution in [0.5, 0.6) is 23.0 Å². The molecular weight excluding hydrogens is 990 g/mol. The zero-order valence-corrected chi connectivity index (χ0v) is 33.0. The molecule has 0 spiro atoms. The molecule has 0 aliphatic carbocycles. The molecule has 0 radical (unpaired) electrons. The second-order valence-electron chi connectivity index (χ2n) is 7.92. The van der Waals surface area contributed by atoms with Crippen molar-refractivity contribution in [2.45, 2.75) is 0 Å². The molecule has 4 aromatic carbocycles. The Hall–Kier alpha value is -2.85. The topological polar surface area (TPSA) is 197 Å². The van der Waals surface area contributed by atoms with E-state index in [2.05, 4.69) is 17.2 Å². The van der Waals surface area contributed by atoms with Gasteiger partial charge in [0.15, 0.2) is 23.0 Å². The molecule has 12 nitrogen and oxygen atoms in total. The van der Waals surface area contributed by atoms with E-state index < -0.39 is 23.9 Å². The van der Waals surface area contributed by atoms with Crippen LogP contribution in [0.4, 0.5) is 0 Å². The van der Waals surface area contributed by atoms with Crippen molar-refractivity contribution in [2.75, 3.05) is 0 Å². The quantitative estimate of drug-likeness (QED) is 0.216. The number of aromatic carboxylic acids is 4. The number of hydrogen-bond acceptors (Lipinski definition) is 12. The second-order valence-corrected chi connectivity index (χ2v) is 10.2. The van der Waals surface area contributed by atoms with E-state index in [1.165, 1.54) is 72.8 Å². The molecule has 0 aliphatic heterocycles. The van der Waals surface area contributed by atoms with Crippen molar-refractivity contribution < 1.29 is 82.6 Å². The van der Waals surface area contributed by atoms with Gasteiger partial charge < -0.3 is 56.8 Å². The number of carboxylic acids is 4. The molecule has 0 heterocycles. The van der Waals surface area contributed by atoms with Gasteiger partial charge in [0.2, 0.25) is 0 Å². The standard InChI is InChI=1S/4C7H4Cl2O3.Hf/c4*8-5-3-1-2-4(7(10)11)6(5)12-9;/h4*1-3H,(H,10,11);/q;;;;+4/p-4. The Labute approximate surface area is 335 Å². The van der Waals surface area contributed by atoms with Crippen LogP contribution in [0, 0.1) is 0 Å². The van der Waals surface area contributed by atoms with E-state index in [-0.39, 0.29) is 91.2 Å². The summed E-state index contributed by atoms with van der Waals surface area (Å²) in [7, 11) is 0. The summed E-state index contributed by atoms with van der Waals surface area (Å²) in [4.78, 5) is 41.7. The Morgan fingerprint density at radius 1 is 0.388 bits per heavy atom. The largest absolute Gasteiger partial charge is 4.00 e. The van der Waals surface area contributed by atoms with Crippen molar-refractivity contribution in [3.63, 3.8) is 0 Å². The first-order valence-corrected chi connectivity index (χ1v) is 14.5. The van der Waals surface area contributed by atoms with Gasteiger partial charge in [-0.25, -0.2) is 0 Å². The second kappa shape index (κ2) is 23.5. The van der Waals surface area contributed by atoms with Gasteiger partial charge in [-0.15, -0.1) is 0 Å². The Bertz CT molecular complexity index is 1510. The van der Waals surface area contributed by atoms with Gasteiger partial charge in [-0.05, 0) is 48.5 Å². The minimum absolute atomic E-state index is 0. The average Bonchev–Trinajstić information content (AvgIpc) is 3.04. The van der Waals surface area contributed by atoms with Gasteiger partial charge >= 0.3 is 25.8 Å². The van der Waals surface area contributed by atoms with Crippen molar-refractivity contribution >= 4 is 118 Å². The van der Waals surface area contributed by atoms with Crippen molar-refractivity contribution in [3.05, 3.63) is 115 Å². The molecule has 4 rings (SSSR count). The molecule has 0 amide bonds. The van der Waals surface area contributed by atoms with Crippen LogP contribution in [-0.4, -0.2) is 23.9 Å². The van der Waals surface area contributed by atoms with Gasteiger partial charge in [0.05, 0.1) is 44.0 Å². The molecule has 0 N–H and O–H groups in total. The van der Waals surface area contributed by atoms with Crippen LogP contribution < -0.4 is 37.6 Å². The fourth-order valence-corrected chi connectivity index (χ4v) is 4.67. The minimum atomic E-state index is -1.38. The Balaban J connectivity index is 0.000000623. The van der Waals surface area contributed by atoms with E-state index in [1.807, 2.05) is 0 Å². The van der Waals surface area contributed by atoms with Crippen LogP contribution in [0.2, 0.25) is 20.1 Å². The molecule has 0 saturated heterocycles. The maximum atomic E-state index is 10.4. The SMILES string of the molecule is O=C([O-])c1cccc(Cl)c1OCl.O=C([O-])c1cccc(Cl)c1OCl.O=C([O-])c1cccc(Cl)c1OCl.O=C([O-])c1cccc(Cl)c1OCl.[Hf+4]. The predicted molar refractivity (Wildman–Crippen MR) is 169 cm³/mol. The number of carbonyl (C=O) groups excluding carboxylic acids is 4. The molecule has 49 heavy (non-hydrogen) atoms. The summed E-state index contributed by atoms with van der Waals surface area (Å²) in [5, 5.41) is 42.2. The zero-order valence-electron chi connectivity index (χ0n) is 23.4. The van der Waals surface area contributed by atoms with Crippen molar-refractivity contribution in [2.24, 2.45) is 0 Å². The molecule has 0 bridgehead atoms. The maximum Gasteiger partial charge on any atom is 4.00 e. The molecule has 256 valence electrons. The Morgan fingerprint density at radius 3 is 0.653 bits per heavy atom. The molecule has 0 aromatic heterocycles. The minimum Gasteiger partial charge on any atom is -0.545 e. The van der Waals surface area contributed by atoms with Crippen LogP contribution in [-0.2, 0) is 25.8 Å². The van der Waals surface area contributed by atoms with Crippen LogP contribution in [0.3, 0.4) is 0 Å². The van der Waals surface area contributed by atoms with Gasteiger partial charge in [-0.1, -0.05) is 70.7 Å². The molecule has 4 aromatic rings. The molecular formula is C28H12Cl8HfO12. The predicted octanol–water partition coefficient (Wildman–Crippen LogP) is 4.94. The fourth-order valence-electron chi connectivity index (χ4n) is 2.99. The molecule has 0 unspecified atom stereocenters. The monoisotopic (exact) mass is 1000 g/mol. The Morgan fingerprint density at radius 2 is 0.551 bits per heavy atom. The normalized spacial score (nSPS) is 9.31. The van der Waals surface area contributed by atoms with E-state index in [9.17, 15) is 39.6 Å². The third-order valence-electron chi connectivity index (χ3n) is 5.06. The summed E-state index contributed by atoms with van der Waals surface area (Å²) >= 11 is 42.3. The van der Waals surface area contributed by atoms with Crippen LogP contribution >= 0.6 is 93.9 Å². The first kappa shape index (κ1) is 46.2. The van der Waals surface area contributed by atoms with Gasteiger partial charge in [-0.2, -0.15) is 0 Å². The number of benzene rings is 4. The maximum absolute atomic E-state index is 10.4. The molecule has 21 heteroatoms. The van der Waals surface area contributed by atoms with Crippen LogP contribution in [0.25, 0.3) is 0 Å². The van der Waals surface area contributed by atoms with E-state index in [0.29, 0.717) is 0 Å². The smallest absolute Gasteiger partial charge is 0.545 e. The summed E-state index contributed by atoms with van der Waals surface area (Å²) in [6.07, 6.45) is 0. The van der Waals surface area contributed by atoms with Crippen LogP contribution in [0.1, 0.15) is 41.4 Å². The molecule has 0 atom stereocenters. The number of halogens is 8. The van der Waals surface area contributed by atoms with Gasteiger partial charge in [0.25, 0.3) is 0 Å². The molecule has 0 aliphatic rings. The van der Waals surface area contributed by atoms with Crippen molar-refractivity contribution in [3.8, 4) is 23.0 Å².